The molecule has 0 aliphatic carbocycles. The highest BCUT2D eigenvalue weighted by Crippen LogP contribution is 2.28. The number of unbranched alkanes of at least 4 members (excludes halogenated alkanes) is 1. The lowest BCUT2D eigenvalue weighted by Crippen LogP contribution is -2.00. The lowest BCUT2D eigenvalue weighted by molar-refractivity contribution is 0.288. The molecular weight excluding hydrogens is 308 g/mol. The van der Waals surface area contributed by atoms with Gasteiger partial charge in [0.2, 0.25) is 0 Å². The Morgan fingerprint density at radius 3 is 2.70 bits per heavy atom. The molecule has 1 aromatic carbocycles. The molecule has 0 N–H and O–H groups in total. The van der Waals surface area contributed by atoms with E-state index in [1.54, 1.807) is 31.3 Å². The summed E-state index contributed by atoms with van der Waals surface area (Å²) in [7, 11) is 1.66. The third kappa shape index (κ3) is 5.94. The largest absolute Gasteiger partial charge is 0.493 e. The summed E-state index contributed by atoms with van der Waals surface area (Å²) in [6.07, 6.45) is 9.62. The SMILES string of the molecule is C/C=C/c1ccc(OCCCCSc2ncccn2)c(OC)c1. The normalized spacial score (nSPS) is 10.9. The zero-order valence-corrected chi connectivity index (χ0v) is 14.4. The molecule has 0 radical (unpaired) electrons. The quantitative estimate of drug-likeness (QED) is 0.385. The van der Waals surface area contributed by atoms with Crippen molar-refractivity contribution < 1.29 is 9.47 Å². The molecule has 122 valence electrons. The number of allylic oxidation sites excluding steroid dienone is 1. The predicted octanol–water partition coefficient (Wildman–Crippen LogP) is 4.47. The van der Waals surface area contributed by atoms with Crippen molar-refractivity contribution in [2.45, 2.75) is 24.9 Å². The number of thioether (sulfide) groups is 1. The van der Waals surface area contributed by atoms with Gasteiger partial charge in [0, 0.05) is 18.1 Å². The third-order valence-corrected chi connectivity index (χ3v) is 4.08. The van der Waals surface area contributed by atoms with Crippen molar-refractivity contribution in [2.75, 3.05) is 19.5 Å². The van der Waals surface area contributed by atoms with Gasteiger partial charge in [0.05, 0.1) is 13.7 Å². The highest BCUT2D eigenvalue weighted by molar-refractivity contribution is 7.99. The third-order valence-electron chi connectivity index (χ3n) is 3.12. The van der Waals surface area contributed by atoms with Crippen LogP contribution >= 0.6 is 11.8 Å². The number of rotatable bonds is 9. The van der Waals surface area contributed by atoms with E-state index in [-0.39, 0.29) is 0 Å². The molecule has 0 fully saturated rings. The van der Waals surface area contributed by atoms with Crippen LogP contribution in [-0.2, 0) is 0 Å². The fourth-order valence-corrected chi connectivity index (χ4v) is 2.81. The number of aromatic nitrogens is 2. The zero-order chi connectivity index (χ0) is 16.3. The Hall–Kier alpha value is -2.01. The van der Waals surface area contributed by atoms with Gasteiger partial charge in [-0.3, -0.25) is 0 Å². The van der Waals surface area contributed by atoms with E-state index in [1.807, 2.05) is 43.3 Å². The predicted molar refractivity (Wildman–Crippen MR) is 95.2 cm³/mol. The van der Waals surface area contributed by atoms with E-state index in [0.717, 1.165) is 40.8 Å². The summed E-state index contributed by atoms with van der Waals surface area (Å²) in [5, 5.41) is 0.828. The molecule has 0 spiro atoms. The first kappa shape index (κ1) is 17.3. The van der Waals surface area contributed by atoms with Gasteiger partial charge in [-0.2, -0.15) is 0 Å². The van der Waals surface area contributed by atoms with Crippen LogP contribution in [0.3, 0.4) is 0 Å². The monoisotopic (exact) mass is 330 g/mol. The second-order valence-electron chi connectivity index (χ2n) is 4.85. The van der Waals surface area contributed by atoms with Gasteiger partial charge in [-0.25, -0.2) is 9.97 Å². The highest BCUT2D eigenvalue weighted by Gasteiger charge is 2.04. The average Bonchev–Trinajstić information content (AvgIpc) is 2.60. The van der Waals surface area contributed by atoms with Crippen molar-refractivity contribution >= 4 is 17.8 Å². The number of methoxy groups -OCH3 is 1. The van der Waals surface area contributed by atoms with Crippen LogP contribution in [0.15, 0.2) is 47.9 Å². The second kappa shape index (κ2) is 9.90. The minimum Gasteiger partial charge on any atom is -0.493 e. The molecule has 0 saturated carbocycles. The smallest absolute Gasteiger partial charge is 0.187 e. The fourth-order valence-electron chi connectivity index (χ4n) is 2.01. The van der Waals surface area contributed by atoms with Crippen LogP contribution in [0.4, 0.5) is 0 Å². The second-order valence-corrected chi connectivity index (χ2v) is 5.91. The molecule has 2 rings (SSSR count). The molecule has 0 unspecified atom stereocenters. The van der Waals surface area contributed by atoms with Crippen LogP contribution in [0, 0.1) is 0 Å². The number of nitrogens with zero attached hydrogens (tertiary/aromatic N) is 2. The number of hydrogen-bond donors (Lipinski definition) is 0. The Balaban J connectivity index is 1.71. The summed E-state index contributed by atoms with van der Waals surface area (Å²) in [5.41, 5.74) is 1.11. The van der Waals surface area contributed by atoms with Gasteiger partial charge in [-0.1, -0.05) is 30.0 Å². The molecule has 4 nitrogen and oxygen atoms in total. The molecule has 0 saturated heterocycles. The molecular formula is C18H22N2O2S. The summed E-state index contributed by atoms with van der Waals surface area (Å²) in [6.45, 7) is 2.67. The topological polar surface area (TPSA) is 44.2 Å². The molecule has 2 aromatic rings. The summed E-state index contributed by atoms with van der Waals surface area (Å²) in [6, 6.07) is 7.80. The van der Waals surface area contributed by atoms with Crippen molar-refractivity contribution in [2.24, 2.45) is 0 Å². The van der Waals surface area contributed by atoms with Crippen molar-refractivity contribution in [1.82, 2.24) is 9.97 Å². The zero-order valence-electron chi connectivity index (χ0n) is 13.6. The lowest BCUT2D eigenvalue weighted by Gasteiger charge is -2.11. The van der Waals surface area contributed by atoms with E-state index in [4.69, 9.17) is 9.47 Å². The van der Waals surface area contributed by atoms with Gasteiger partial charge in [0.1, 0.15) is 0 Å². The van der Waals surface area contributed by atoms with Crippen LogP contribution < -0.4 is 9.47 Å². The summed E-state index contributed by atoms with van der Waals surface area (Å²) < 4.78 is 11.2. The first-order valence-electron chi connectivity index (χ1n) is 7.67. The van der Waals surface area contributed by atoms with E-state index in [2.05, 4.69) is 9.97 Å². The van der Waals surface area contributed by atoms with Gasteiger partial charge in [-0.05, 0) is 43.5 Å². The Kier molecular flexibility index (Phi) is 7.46. The first-order chi connectivity index (χ1) is 11.3. The highest BCUT2D eigenvalue weighted by atomic mass is 32.2. The van der Waals surface area contributed by atoms with Gasteiger partial charge < -0.3 is 9.47 Å². The van der Waals surface area contributed by atoms with Crippen LogP contribution in [0.1, 0.15) is 25.3 Å². The fraction of sp³-hybridized carbons (Fsp3) is 0.333. The van der Waals surface area contributed by atoms with Crippen molar-refractivity contribution in [3.8, 4) is 11.5 Å². The van der Waals surface area contributed by atoms with Crippen molar-refractivity contribution in [3.05, 3.63) is 48.3 Å². The number of ether oxygens (including phenoxy) is 2. The molecule has 0 bridgehead atoms. The Morgan fingerprint density at radius 2 is 1.96 bits per heavy atom. The number of hydrogen-bond acceptors (Lipinski definition) is 5. The minimum absolute atomic E-state index is 0.676. The molecule has 23 heavy (non-hydrogen) atoms. The van der Waals surface area contributed by atoms with Crippen LogP contribution in [0.5, 0.6) is 11.5 Å². The standard InChI is InChI=1S/C18H22N2O2S/c1-3-7-15-8-9-16(17(14-15)21-2)22-12-4-5-13-23-18-19-10-6-11-20-18/h3,6-11,14H,4-5,12-13H2,1-2H3/b7-3+. The van der Waals surface area contributed by atoms with Gasteiger partial charge >= 0.3 is 0 Å². The molecule has 1 heterocycles. The maximum Gasteiger partial charge on any atom is 0.187 e. The molecule has 0 amide bonds. The molecule has 0 aliphatic rings. The van der Waals surface area contributed by atoms with E-state index in [0.29, 0.717) is 6.61 Å². The van der Waals surface area contributed by atoms with E-state index in [9.17, 15) is 0 Å². The Bertz CT molecular complexity index is 618. The number of benzene rings is 1. The molecule has 5 heteroatoms. The van der Waals surface area contributed by atoms with Gasteiger partial charge in [-0.15, -0.1) is 0 Å². The molecule has 0 atom stereocenters. The first-order valence-corrected chi connectivity index (χ1v) is 8.65. The lowest BCUT2D eigenvalue weighted by atomic mass is 10.2. The van der Waals surface area contributed by atoms with Crippen LogP contribution in [0.25, 0.3) is 6.08 Å². The summed E-state index contributed by atoms with van der Waals surface area (Å²) in [4.78, 5) is 8.38. The summed E-state index contributed by atoms with van der Waals surface area (Å²) >= 11 is 1.67. The van der Waals surface area contributed by atoms with Crippen LogP contribution in [0.2, 0.25) is 0 Å². The average molecular weight is 330 g/mol. The van der Waals surface area contributed by atoms with Crippen molar-refractivity contribution in [1.29, 1.82) is 0 Å². The van der Waals surface area contributed by atoms with E-state index >= 15 is 0 Å². The maximum absolute atomic E-state index is 5.82. The Labute approximate surface area is 142 Å². The van der Waals surface area contributed by atoms with Crippen LogP contribution in [-0.4, -0.2) is 29.4 Å². The molecule has 0 aliphatic heterocycles. The van der Waals surface area contributed by atoms with E-state index < -0.39 is 0 Å². The summed E-state index contributed by atoms with van der Waals surface area (Å²) in [5.74, 6) is 2.55. The van der Waals surface area contributed by atoms with Gasteiger partial charge in [0.25, 0.3) is 0 Å². The Morgan fingerprint density at radius 1 is 1.13 bits per heavy atom. The van der Waals surface area contributed by atoms with E-state index in [1.165, 1.54) is 0 Å². The maximum atomic E-state index is 5.82. The molecule has 1 aromatic heterocycles. The van der Waals surface area contributed by atoms with Crippen molar-refractivity contribution in [3.63, 3.8) is 0 Å². The minimum atomic E-state index is 0.676. The van der Waals surface area contributed by atoms with Gasteiger partial charge in [0.15, 0.2) is 16.7 Å².